The van der Waals surface area contributed by atoms with Crippen LogP contribution in [-0.2, 0) is 9.59 Å². The second-order valence-corrected chi connectivity index (χ2v) is 3.05. The first-order valence-electron chi connectivity index (χ1n) is 4.43. The number of nitrogens with one attached hydrogen (secondary N) is 1. The van der Waals surface area contributed by atoms with Gasteiger partial charge in [-0.3, -0.25) is 14.9 Å². The summed E-state index contributed by atoms with van der Waals surface area (Å²) in [5.74, 6) is -2.06. The minimum absolute atomic E-state index is 0.284. The Hall–Kier alpha value is -1.14. The van der Waals surface area contributed by atoms with Gasteiger partial charge in [-0.25, -0.2) is 0 Å². The van der Waals surface area contributed by atoms with Crippen molar-refractivity contribution in [2.75, 3.05) is 0 Å². The number of aliphatic carboxylic acids is 2. The zero-order chi connectivity index (χ0) is 11.1. The van der Waals surface area contributed by atoms with Crippen LogP contribution < -0.4 is 11.1 Å². The lowest BCUT2D eigenvalue weighted by atomic mass is 10.1. The largest absolute Gasteiger partial charge is 0.481 e. The van der Waals surface area contributed by atoms with Gasteiger partial charge in [0.2, 0.25) is 0 Å². The molecule has 0 aliphatic heterocycles. The van der Waals surface area contributed by atoms with Crippen molar-refractivity contribution in [3.05, 3.63) is 0 Å². The lowest BCUT2D eigenvalue weighted by molar-refractivity contribution is -0.141. The first-order chi connectivity index (χ1) is 6.47. The highest BCUT2D eigenvalue weighted by atomic mass is 16.4. The van der Waals surface area contributed by atoms with Gasteiger partial charge in [-0.2, -0.15) is 0 Å². The highest BCUT2D eigenvalue weighted by molar-refractivity contribution is 5.73. The second kappa shape index (κ2) is 6.33. The van der Waals surface area contributed by atoms with Gasteiger partial charge in [0.1, 0.15) is 6.04 Å². The molecule has 1 unspecified atom stereocenters. The van der Waals surface area contributed by atoms with E-state index in [1.54, 1.807) is 0 Å². The summed E-state index contributed by atoms with van der Waals surface area (Å²) in [6, 6.07) is -0.769. The fourth-order valence-corrected chi connectivity index (χ4v) is 1.07. The van der Waals surface area contributed by atoms with Crippen LogP contribution in [0.15, 0.2) is 0 Å². The van der Waals surface area contributed by atoms with E-state index in [1.807, 2.05) is 6.92 Å². The first-order valence-corrected chi connectivity index (χ1v) is 4.43. The molecule has 14 heavy (non-hydrogen) atoms. The monoisotopic (exact) mass is 204 g/mol. The number of hydrogen-bond acceptors (Lipinski definition) is 4. The lowest BCUT2D eigenvalue weighted by Crippen LogP contribution is -2.48. The van der Waals surface area contributed by atoms with E-state index in [9.17, 15) is 9.59 Å². The SMILES string of the molecule is CCC[C@H](NC(N)CC(=O)O)C(=O)O. The highest BCUT2D eigenvalue weighted by Gasteiger charge is 2.19. The molecule has 0 radical (unpaired) electrons. The molecule has 0 rings (SSSR count). The van der Waals surface area contributed by atoms with E-state index in [2.05, 4.69) is 5.32 Å². The minimum Gasteiger partial charge on any atom is -0.481 e. The normalized spacial score (nSPS) is 14.7. The topological polar surface area (TPSA) is 113 Å². The molecule has 6 nitrogen and oxygen atoms in total. The number of carbonyl (C=O) groups is 2. The second-order valence-electron chi connectivity index (χ2n) is 3.05. The molecule has 2 atom stereocenters. The van der Waals surface area contributed by atoms with Crippen molar-refractivity contribution in [3.8, 4) is 0 Å². The van der Waals surface area contributed by atoms with Crippen molar-refractivity contribution in [2.24, 2.45) is 5.73 Å². The van der Waals surface area contributed by atoms with Crippen LogP contribution in [0.5, 0.6) is 0 Å². The fraction of sp³-hybridized carbons (Fsp3) is 0.750. The van der Waals surface area contributed by atoms with Gasteiger partial charge < -0.3 is 15.9 Å². The standard InChI is InChI=1S/C8H16N2O4/c1-2-3-5(8(13)14)10-6(9)4-7(11)12/h5-6,10H,2-4,9H2,1H3,(H,11,12)(H,13,14)/t5-,6?/m0/s1. The summed E-state index contributed by atoms with van der Waals surface area (Å²) in [6.07, 6.45) is 0.0278. The fourth-order valence-electron chi connectivity index (χ4n) is 1.07. The lowest BCUT2D eigenvalue weighted by Gasteiger charge is -2.17. The zero-order valence-electron chi connectivity index (χ0n) is 8.06. The molecular formula is C8H16N2O4. The molecule has 0 aliphatic rings. The Bertz CT molecular complexity index is 208. The maximum atomic E-state index is 10.6. The van der Waals surface area contributed by atoms with Gasteiger partial charge in [-0.15, -0.1) is 0 Å². The Kier molecular flexibility index (Phi) is 5.82. The van der Waals surface area contributed by atoms with Gasteiger partial charge in [0.15, 0.2) is 0 Å². The average Bonchev–Trinajstić information content (AvgIpc) is 2.01. The van der Waals surface area contributed by atoms with E-state index in [0.717, 1.165) is 0 Å². The predicted molar refractivity (Wildman–Crippen MR) is 49.7 cm³/mol. The van der Waals surface area contributed by atoms with Gasteiger partial charge in [0.05, 0.1) is 12.6 Å². The van der Waals surface area contributed by atoms with E-state index < -0.39 is 24.1 Å². The van der Waals surface area contributed by atoms with E-state index >= 15 is 0 Å². The number of nitrogens with two attached hydrogens (primary N) is 1. The van der Waals surface area contributed by atoms with Gasteiger partial charge in [0.25, 0.3) is 0 Å². The summed E-state index contributed by atoms with van der Waals surface area (Å²) in [5.41, 5.74) is 5.39. The van der Waals surface area contributed by atoms with Gasteiger partial charge >= 0.3 is 11.9 Å². The molecule has 82 valence electrons. The Balaban J connectivity index is 4.01. The van der Waals surface area contributed by atoms with Crippen LogP contribution in [0.4, 0.5) is 0 Å². The Morgan fingerprint density at radius 2 is 2.00 bits per heavy atom. The van der Waals surface area contributed by atoms with Gasteiger partial charge in [0, 0.05) is 0 Å². The molecule has 0 aromatic carbocycles. The van der Waals surface area contributed by atoms with Crippen LogP contribution in [0.3, 0.4) is 0 Å². The molecule has 0 saturated heterocycles. The number of carboxylic acid groups (broad SMARTS) is 2. The van der Waals surface area contributed by atoms with E-state index in [-0.39, 0.29) is 6.42 Å². The van der Waals surface area contributed by atoms with Gasteiger partial charge in [-0.05, 0) is 6.42 Å². The summed E-state index contributed by atoms with van der Waals surface area (Å²) in [5, 5.41) is 19.7. The van der Waals surface area contributed by atoms with E-state index in [4.69, 9.17) is 15.9 Å². The van der Waals surface area contributed by atoms with Crippen molar-refractivity contribution in [1.29, 1.82) is 0 Å². The Morgan fingerprint density at radius 3 is 2.36 bits per heavy atom. The molecule has 6 heteroatoms. The van der Waals surface area contributed by atoms with Crippen molar-refractivity contribution in [3.63, 3.8) is 0 Å². The van der Waals surface area contributed by atoms with Crippen LogP contribution in [0.25, 0.3) is 0 Å². The summed E-state index contributed by atoms with van der Waals surface area (Å²) in [6.45, 7) is 1.85. The number of hydrogen-bond donors (Lipinski definition) is 4. The van der Waals surface area contributed by atoms with Crippen molar-refractivity contribution in [1.82, 2.24) is 5.32 Å². The van der Waals surface area contributed by atoms with Crippen LogP contribution in [0.1, 0.15) is 26.2 Å². The van der Waals surface area contributed by atoms with Crippen LogP contribution in [0, 0.1) is 0 Å². The van der Waals surface area contributed by atoms with Crippen molar-refractivity contribution >= 4 is 11.9 Å². The van der Waals surface area contributed by atoms with E-state index in [0.29, 0.717) is 12.8 Å². The molecular weight excluding hydrogens is 188 g/mol. The molecule has 0 fully saturated rings. The summed E-state index contributed by atoms with van der Waals surface area (Å²) < 4.78 is 0. The van der Waals surface area contributed by atoms with Crippen LogP contribution in [0.2, 0.25) is 0 Å². The summed E-state index contributed by atoms with van der Waals surface area (Å²) in [7, 11) is 0. The minimum atomic E-state index is -1.05. The molecule has 0 bridgehead atoms. The maximum Gasteiger partial charge on any atom is 0.320 e. The quantitative estimate of drug-likeness (QED) is 0.419. The molecule has 0 aromatic heterocycles. The van der Waals surface area contributed by atoms with Crippen molar-refractivity contribution in [2.45, 2.75) is 38.4 Å². The van der Waals surface area contributed by atoms with Crippen molar-refractivity contribution < 1.29 is 19.8 Å². The Labute approximate surface area is 82.1 Å². The number of rotatable bonds is 7. The summed E-state index contributed by atoms with van der Waals surface area (Å²) >= 11 is 0. The summed E-state index contributed by atoms with van der Waals surface area (Å²) in [4.78, 5) is 20.9. The third-order valence-corrected chi connectivity index (χ3v) is 1.69. The van der Waals surface area contributed by atoms with E-state index in [1.165, 1.54) is 0 Å². The molecule has 0 heterocycles. The molecule has 0 aliphatic carbocycles. The molecule has 0 aromatic rings. The third-order valence-electron chi connectivity index (χ3n) is 1.69. The van der Waals surface area contributed by atoms with Crippen LogP contribution in [-0.4, -0.2) is 34.4 Å². The first kappa shape index (κ1) is 12.9. The number of carboxylic acids is 2. The average molecular weight is 204 g/mol. The molecule has 0 saturated carbocycles. The molecule has 0 amide bonds. The Morgan fingerprint density at radius 1 is 1.43 bits per heavy atom. The highest BCUT2D eigenvalue weighted by Crippen LogP contribution is 1.98. The van der Waals surface area contributed by atoms with Gasteiger partial charge in [-0.1, -0.05) is 13.3 Å². The van der Waals surface area contributed by atoms with Crippen LogP contribution >= 0.6 is 0 Å². The smallest absolute Gasteiger partial charge is 0.320 e. The predicted octanol–water partition coefficient (Wildman–Crippen LogP) is -0.411. The zero-order valence-corrected chi connectivity index (χ0v) is 8.06. The third kappa shape index (κ3) is 5.50. The molecule has 0 spiro atoms. The maximum absolute atomic E-state index is 10.6. The molecule has 5 N–H and O–H groups in total.